The summed E-state index contributed by atoms with van der Waals surface area (Å²) in [6, 6.07) is 17.3. The summed E-state index contributed by atoms with van der Waals surface area (Å²) in [4.78, 5) is 0.203. The lowest BCUT2D eigenvalue weighted by molar-refractivity contribution is 0.271. The number of para-hydroxylation sites is 2. The molecule has 148 valence electrons. The highest BCUT2D eigenvalue weighted by Crippen LogP contribution is 2.26. The van der Waals surface area contributed by atoms with Crippen molar-refractivity contribution in [2.45, 2.75) is 17.9 Å². The first-order chi connectivity index (χ1) is 13.4. The van der Waals surface area contributed by atoms with Crippen LogP contribution in [0.3, 0.4) is 0 Å². The number of benzene rings is 3. The first-order valence-electron chi connectivity index (χ1n) is 8.79. The van der Waals surface area contributed by atoms with Gasteiger partial charge in [0.15, 0.2) is 11.5 Å². The largest absolute Gasteiger partial charge is 0.497 e. The predicted octanol–water partition coefficient (Wildman–Crippen LogP) is 3.60. The number of rotatable bonds is 8. The summed E-state index contributed by atoms with van der Waals surface area (Å²) in [7, 11) is -0.524. The smallest absolute Gasteiger partial charge is 0.240 e. The van der Waals surface area contributed by atoms with Crippen LogP contribution in [0.2, 0.25) is 0 Å². The van der Waals surface area contributed by atoms with Gasteiger partial charge in [0.05, 0.1) is 25.2 Å². The monoisotopic (exact) mass is 401 g/mol. The SMILES string of the molecule is COc1ccc2cc(S(=O)(=O)N[C@@H](C)COc3ccccc3OC)ccc2c1. The molecule has 3 aromatic rings. The van der Waals surface area contributed by atoms with Crippen LogP contribution >= 0.6 is 0 Å². The van der Waals surface area contributed by atoms with Crippen LogP contribution in [0.5, 0.6) is 17.2 Å². The third-order valence-electron chi connectivity index (χ3n) is 4.24. The van der Waals surface area contributed by atoms with E-state index in [0.29, 0.717) is 11.5 Å². The molecule has 0 amide bonds. The molecule has 0 heterocycles. The van der Waals surface area contributed by atoms with E-state index in [1.165, 1.54) is 0 Å². The summed E-state index contributed by atoms with van der Waals surface area (Å²) in [5, 5.41) is 1.73. The van der Waals surface area contributed by atoms with Gasteiger partial charge in [-0.15, -0.1) is 0 Å². The first kappa shape index (κ1) is 20.0. The average Bonchev–Trinajstić information content (AvgIpc) is 2.71. The molecular formula is C21H23NO5S. The molecule has 0 saturated carbocycles. The normalized spacial score (nSPS) is 12.5. The fourth-order valence-electron chi connectivity index (χ4n) is 2.82. The second-order valence-electron chi connectivity index (χ2n) is 6.36. The van der Waals surface area contributed by atoms with Crippen LogP contribution in [-0.4, -0.2) is 35.3 Å². The maximum Gasteiger partial charge on any atom is 0.240 e. The second kappa shape index (κ2) is 8.50. The predicted molar refractivity (Wildman–Crippen MR) is 109 cm³/mol. The van der Waals surface area contributed by atoms with Gasteiger partial charge in [0.2, 0.25) is 10.0 Å². The van der Waals surface area contributed by atoms with Gasteiger partial charge in [0.1, 0.15) is 12.4 Å². The number of hydrogen-bond donors (Lipinski definition) is 1. The van der Waals surface area contributed by atoms with Gasteiger partial charge in [-0.3, -0.25) is 0 Å². The molecule has 7 heteroatoms. The molecule has 0 fully saturated rings. The molecule has 6 nitrogen and oxygen atoms in total. The van der Waals surface area contributed by atoms with Crippen LogP contribution in [0.15, 0.2) is 65.6 Å². The van der Waals surface area contributed by atoms with Crippen molar-refractivity contribution in [2.75, 3.05) is 20.8 Å². The Bertz CT molecular complexity index is 1070. The molecule has 0 aliphatic carbocycles. The topological polar surface area (TPSA) is 73.9 Å². The molecular weight excluding hydrogens is 378 g/mol. The molecule has 1 atom stereocenters. The molecule has 3 aromatic carbocycles. The highest BCUT2D eigenvalue weighted by Gasteiger charge is 2.18. The first-order valence-corrected chi connectivity index (χ1v) is 10.3. The minimum absolute atomic E-state index is 0.171. The van der Waals surface area contributed by atoms with Crippen molar-refractivity contribution in [1.29, 1.82) is 0 Å². The Balaban J connectivity index is 1.71. The molecule has 0 aliphatic heterocycles. The van der Waals surface area contributed by atoms with E-state index < -0.39 is 16.1 Å². The lowest BCUT2D eigenvalue weighted by Gasteiger charge is -2.17. The second-order valence-corrected chi connectivity index (χ2v) is 8.07. The number of sulfonamides is 1. The molecule has 0 bridgehead atoms. The standard InChI is InChI=1S/C21H23NO5S/c1-15(14-27-21-7-5-4-6-20(21)26-3)22-28(23,24)19-11-9-16-12-18(25-2)10-8-17(16)13-19/h4-13,15,22H,14H2,1-3H3/t15-/m0/s1. The molecule has 0 spiro atoms. The maximum atomic E-state index is 12.7. The van der Waals surface area contributed by atoms with Crippen LogP contribution in [0, 0.1) is 0 Å². The molecule has 0 aromatic heterocycles. The van der Waals surface area contributed by atoms with Crippen LogP contribution in [0.1, 0.15) is 6.92 Å². The zero-order chi connectivity index (χ0) is 20.1. The molecule has 1 N–H and O–H groups in total. The number of ether oxygens (including phenoxy) is 3. The molecule has 0 unspecified atom stereocenters. The summed E-state index contributed by atoms with van der Waals surface area (Å²) in [5.41, 5.74) is 0. The molecule has 0 radical (unpaired) electrons. The van der Waals surface area contributed by atoms with Crippen molar-refractivity contribution in [3.8, 4) is 17.2 Å². The van der Waals surface area contributed by atoms with E-state index in [2.05, 4.69) is 4.72 Å². The molecule has 3 rings (SSSR count). The Morgan fingerprint density at radius 3 is 2.29 bits per heavy atom. The Labute approximate surface area is 165 Å². The highest BCUT2D eigenvalue weighted by atomic mass is 32.2. The van der Waals surface area contributed by atoms with Gasteiger partial charge in [0.25, 0.3) is 0 Å². The minimum atomic E-state index is -3.68. The fraction of sp³-hybridized carbons (Fsp3) is 0.238. The van der Waals surface area contributed by atoms with Crippen LogP contribution in [0.25, 0.3) is 10.8 Å². The van der Waals surface area contributed by atoms with E-state index in [4.69, 9.17) is 14.2 Å². The molecule has 0 aliphatic rings. The Hall–Kier alpha value is -2.77. The van der Waals surface area contributed by atoms with Crippen molar-refractivity contribution >= 4 is 20.8 Å². The van der Waals surface area contributed by atoms with E-state index >= 15 is 0 Å². The maximum absolute atomic E-state index is 12.7. The van der Waals surface area contributed by atoms with E-state index in [9.17, 15) is 8.42 Å². The van der Waals surface area contributed by atoms with Gasteiger partial charge >= 0.3 is 0 Å². The van der Waals surface area contributed by atoms with Crippen LogP contribution in [0.4, 0.5) is 0 Å². The van der Waals surface area contributed by atoms with E-state index in [-0.39, 0.29) is 11.5 Å². The van der Waals surface area contributed by atoms with Gasteiger partial charge < -0.3 is 14.2 Å². The molecule has 0 saturated heterocycles. The Kier molecular flexibility index (Phi) is 6.06. The van der Waals surface area contributed by atoms with Crippen LogP contribution < -0.4 is 18.9 Å². The Morgan fingerprint density at radius 1 is 0.893 bits per heavy atom. The van der Waals surface area contributed by atoms with E-state index in [0.717, 1.165) is 16.5 Å². The summed E-state index contributed by atoms with van der Waals surface area (Å²) >= 11 is 0. The summed E-state index contributed by atoms with van der Waals surface area (Å²) in [6.45, 7) is 1.92. The van der Waals surface area contributed by atoms with Crippen molar-refractivity contribution in [3.05, 3.63) is 60.7 Å². The van der Waals surface area contributed by atoms with E-state index in [1.54, 1.807) is 57.5 Å². The van der Waals surface area contributed by atoms with Gasteiger partial charge in [-0.05, 0) is 54.1 Å². The van der Waals surface area contributed by atoms with Crippen molar-refractivity contribution in [2.24, 2.45) is 0 Å². The van der Waals surface area contributed by atoms with Crippen LogP contribution in [-0.2, 0) is 10.0 Å². The van der Waals surface area contributed by atoms with Gasteiger partial charge in [0, 0.05) is 0 Å². The average molecular weight is 401 g/mol. The fourth-order valence-corrected chi connectivity index (χ4v) is 4.08. The quantitative estimate of drug-likeness (QED) is 0.624. The Morgan fingerprint density at radius 2 is 1.57 bits per heavy atom. The number of fused-ring (bicyclic) bond motifs is 1. The van der Waals surface area contributed by atoms with Crippen molar-refractivity contribution in [3.63, 3.8) is 0 Å². The van der Waals surface area contributed by atoms with Crippen molar-refractivity contribution in [1.82, 2.24) is 4.72 Å². The highest BCUT2D eigenvalue weighted by molar-refractivity contribution is 7.89. The lowest BCUT2D eigenvalue weighted by Crippen LogP contribution is -2.36. The lowest BCUT2D eigenvalue weighted by atomic mass is 10.1. The molecule has 28 heavy (non-hydrogen) atoms. The number of nitrogens with one attached hydrogen (secondary N) is 1. The van der Waals surface area contributed by atoms with Crippen molar-refractivity contribution < 1.29 is 22.6 Å². The summed E-state index contributed by atoms with van der Waals surface area (Å²) in [5.74, 6) is 1.89. The third kappa shape index (κ3) is 4.55. The summed E-state index contributed by atoms with van der Waals surface area (Å²) < 4.78 is 44.2. The zero-order valence-electron chi connectivity index (χ0n) is 16.0. The summed E-state index contributed by atoms with van der Waals surface area (Å²) in [6.07, 6.45) is 0. The third-order valence-corrected chi connectivity index (χ3v) is 5.83. The minimum Gasteiger partial charge on any atom is -0.497 e. The number of methoxy groups -OCH3 is 2. The number of hydrogen-bond acceptors (Lipinski definition) is 5. The van der Waals surface area contributed by atoms with E-state index in [1.807, 2.05) is 24.3 Å². The van der Waals surface area contributed by atoms with Gasteiger partial charge in [-0.2, -0.15) is 0 Å². The zero-order valence-corrected chi connectivity index (χ0v) is 16.8. The van der Waals surface area contributed by atoms with Gasteiger partial charge in [-0.1, -0.05) is 24.3 Å². The van der Waals surface area contributed by atoms with Gasteiger partial charge in [-0.25, -0.2) is 13.1 Å².